The van der Waals surface area contributed by atoms with Crippen LogP contribution in [-0.2, 0) is 11.3 Å². The Bertz CT molecular complexity index is 1490. The molecule has 0 bridgehead atoms. The number of benzene rings is 1. The van der Waals surface area contributed by atoms with E-state index in [4.69, 9.17) is 16.6 Å². The second kappa shape index (κ2) is 9.15. The summed E-state index contributed by atoms with van der Waals surface area (Å²) < 4.78 is 2.21. The molecule has 8 heteroatoms. The highest BCUT2D eigenvalue weighted by molar-refractivity contribution is 6.30. The average Bonchev–Trinajstić information content (AvgIpc) is 3.78. The van der Waals surface area contributed by atoms with Crippen LogP contribution in [0.2, 0.25) is 5.02 Å². The largest absolute Gasteiger partial charge is 0.379 e. The molecule has 3 aliphatic rings. The molecule has 2 unspecified atom stereocenters. The zero-order chi connectivity index (χ0) is 24.9. The number of carbonyl (C=O) groups is 1. The first-order valence-corrected chi connectivity index (χ1v) is 13.5. The Morgan fingerprint density at radius 1 is 1.08 bits per heavy atom. The molecule has 1 amide bonds. The van der Waals surface area contributed by atoms with Gasteiger partial charge in [-0.1, -0.05) is 23.7 Å². The maximum absolute atomic E-state index is 12.8. The normalized spacial score (nSPS) is 21.0. The molecular formula is C29H29ClN6O. The van der Waals surface area contributed by atoms with Gasteiger partial charge in [0, 0.05) is 65.9 Å². The van der Waals surface area contributed by atoms with Gasteiger partial charge < -0.3 is 20.4 Å². The van der Waals surface area contributed by atoms with Crippen molar-refractivity contribution in [3.63, 3.8) is 0 Å². The zero-order valence-electron chi connectivity index (χ0n) is 20.5. The van der Waals surface area contributed by atoms with E-state index in [9.17, 15) is 4.79 Å². The van der Waals surface area contributed by atoms with Crippen molar-refractivity contribution in [3.05, 3.63) is 88.5 Å². The fourth-order valence-corrected chi connectivity index (χ4v) is 5.54. The SMILES string of the molecule is O=C(Nc1cc(NCc2cn3cc(C4CC4)cc(C4CNC4)c3n2)ccn1)C1CC1c1cccc(Cl)c1. The molecule has 7 rings (SSSR count). The van der Waals surface area contributed by atoms with Crippen LogP contribution in [-0.4, -0.2) is 33.4 Å². The molecule has 0 spiro atoms. The number of nitrogens with zero attached hydrogens (tertiary/aromatic N) is 3. The summed E-state index contributed by atoms with van der Waals surface area (Å²) in [7, 11) is 0. The molecular weight excluding hydrogens is 484 g/mol. The third-order valence-electron chi connectivity index (χ3n) is 7.81. The van der Waals surface area contributed by atoms with E-state index in [1.807, 2.05) is 36.4 Å². The molecule has 0 radical (unpaired) electrons. The number of nitrogens with one attached hydrogen (secondary N) is 3. The quantitative estimate of drug-likeness (QED) is 0.298. The lowest BCUT2D eigenvalue weighted by Gasteiger charge is -2.28. The number of hydrogen-bond acceptors (Lipinski definition) is 5. The maximum atomic E-state index is 12.8. The van der Waals surface area contributed by atoms with E-state index in [1.165, 1.54) is 24.0 Å². The van der Waals surface area contributed by atoms with Gasteiger partial charge in [-0.15, -0.1) is 0 Å². The van der Waals surface area contributed by atoms with Crippen molar-refractivity contribution in [2.24, 2.45) is 5.92 Å². The molecule has 1 aliphatic heterocycles. The number of fused-ring (bicyclic) bond motifs is 1. The van der Waals surface area contributed by atoms with E-state index in [2.05, 4.69) is 43.8 Å². The van der Waals surface area contributed by atoms with Crippen LogP contribution in [0.1, 0.15) is 59.4 Å². The maximum Gasteiger partial charge on any atom is 0.229 e. The first-order valence-electron chi connectivity index (χ1n) is 13.1. The summed E-state index contributed by atoms with van der Waals surface area (Å²) in [6, 6.07) is 13.9. The molecule has 188 valence electrons. The number of carbonyl (C=O) groups excluding carboxylic acids is 1. The molecule has 1 aromatic carbocycles. The molecule has 7 nitrogen and oxygen atoms in total. The van der Waals surface area contributed by atoms with Crippen molar-refractivity contribution in [2.45, 2.75) is 43.6 Å². The predicted octanol–water partition coefficient (Wildman–Crippen LogP) is 5.30. The zero-order valence-corrected chi connectivity index (χ0v) is 21.2. The highest BCUT2D eigenvalue weighted by Crippen LogP contribution is 2.48. The molecule has 1 saturated heterocycles. The van der Waals surface area contributed by atoms with E-state index in [0.717, 1.165) is 42.1 Å². The van der Waals surface area contributed by atoms with Crippen molar-refractivity contribution in [2.75, 3.05) is 23.7 Å². The second-order valence-corrected chi connectivity index (χ2v) is 11.0. The van der Waals surface area contributed by atoms with Gasteiger partial charge in [0.2, 0.25) is 5.91 Å². The highest BCUT2D eigenvalue weighted by atomic mass is 35.5. The second-order valence-electron chi connectivity index (χ2n) is 10.6. The Morgan fingerprint density at radius 3 is 2.76 bits per heavy atom. The molecule has 2 atom stereocenters. The first kappa shape index (κ1) is 22.8. The Balaban J connectivity index is 1.02. The lowest BCUT2D eigenvalue weighted by molar-refractivity contribution is -0.117. The number of aromatic nitrogens is 3. The number of halogens is 1. The Kier molecular flexibility index (Phi) is 5.63. The van der Waals surface area contributed by atoms with Gasteiger partial charge in [0.25, 0.3) is 0 Å². The number of imidazole rings is 1. The molecule has 37 heavy (non-hydrogen) atoms. The first-order chi connectivity index (χ1) is 18.1. The molecule has 2 aliphatic carbocycles. The van der Waals surface area contributed by atoms with Crippen LogP contribution in [0, 0.1) is 5.92 Å². The minimum Gasteiger partial charge on any atom is -0.379 e. The molecule has 3 N–H and O–H groups in total. The number of amides is 1. The number of pyridine rings is 2. The summed E-state index contributed by atoms with van der Waals surface area (Å²) in [4.78, 5) is 22.1. The van der Waals surface area contributed by atoms with Gasteiger partial charge in [-0.2, -0.15) is 0 Å². The third-order valence-corrected chi connectivity index (χ3v) is 8.04. The Hall–Kier alpha value is -3.42. The van der Waals surface area contributed by atoms with Gasteiger partial charge in [0.1, 0.15) is 11.5 Å². The minimum absolute atomic E-state index is 0.000503. The summed E-state index contributed by atoms with van der Waals surface area (Å²) >= 11 is 6.11. The third kappa shape index (κ3) is 4.69. The fourth-order valence-electron chi connectivity index (χ4n) is 5.34. The summed E-state index contributed by atoms with van der Waals surface area (Å²) in [5.74, 6) is 1.98. The molecule has 4 heterocycles. The average molecular weight is 513 g/mol. The number of anilines is 2. The van der Waals surface area contributed by atoms with Crippen molar-refractivity contribution >= 4 is 34.7 Å². The highest BCUT2D eigenvalue weighted by Gasteiger charge is 2.44. The van der Waals surface area contributed by atoms with E-state index in [1.54, 1.807) is 6.20 Å². The van der Waals surface area contributed by atoms with Crippen LogP contribution in [0.25, 0.3) is 5.65 Å². The minimum atomic E-state index is -0.0459. The van der Waals surface area contributed by atoms with Crippen molar-refractivity contribution in [1.82, 2.24) is 19.7 Å². The van der Waals surface area contributed by atoms with E-state index >= 15 is 0 Å². The van der Waals surface area contributed by atoms with Crippen LogP contribution in [0.5, 0.6) is 0 Å². The van der Waals surface area contributed by atoms with Gasteiger partial charge in [-0.25, -0.2) is 9.97 Å². The standard InChI is InChI=1S/C29H29ClN6O/c30-21-3-1-2-18(8-21)24-11-26(24)29(37)35-27-10-22(6-7-32-27)33-14-23-16-36-15-19(17-4-5-17)9-25(28(36)34-23)20-12-31-13-20/h1-3,6-10,15-17,20,24,26,31H,4-5,11-14H2,(H2,32,33,35,37). The molecule has 3 fully saturated rings. The van der Waals surface area contributed by atoms with Crippen LogP contribution in [0.15, 0.2) is 61.1 Å². The van der Waals surface area contributed by atoms with E-state index in [0.29, 0.717) is 29.2 Å². The van der Waals surface area contributed by atoms with Crippen molar-refractivity contribution in [3.8, 4) is 0 Å². The molecule has 4 aromatic rings. The monoisotopic (exact) mass is 512 g/mol. The van der Waals surface area contributed by atoms with Gasteiger partial charge in [0.15, 0.2) is 0 Å². The van der Waals surface area contributed by atoms with E-state index < -0.39 is 0 Å². The summed E-state index contributed by atoms with van der Waals surface area (Å²) in [6.45, 7) is 2.65. The smallest absolute Gasteiger partial charge is 0.229 e. The van der Waals surface area contributed by atoms with Gasteiger partial charge in [-0.3, -0.25) is 4.79 Å². The van der Waals surface area contributed by atoms with E-state index in [-0.39, 0.29) is 17.7 Å². The molecule has 2 saturated carbocycles. The van der Waals surface area contributed by atoms with Gasteiger partial charge in [0.05, 0.1) is 12.2 Å². The van der Waals surface area contributed by atoms with Crippen LogP contribution in [0.4, 0.5) is 11.5 Å². The summed E-state index contributed by atoms with van der Waals surface area (Å²) in [6.07, 6.45) is 9.52. The fraction of sp³-hybridized carbons (Fsp3) is 0.345. The lowest BCUT2D eigenvalue weighted by atomic mass is 9.93. The topological polar surface area (TPSA) is 83.4 Å². The van der Waals surface area contributed by atoms with Crippen LogP contribution < -0.4 is 16.0 Å². The Morgan fingerprint density at radius 2 is 1.97 bits per heavy atom. The van der Waals surface area contributed by atoms with Crippen molar-refractivity contribution in [1.29, 1.82) is 0 Å². The van der Waals surface area contributed by atoms with Crippen LogP contribution in [0.3, 0.4) is 0 Å². The van der Waals surface area contributed by atoms with Crippen LogP contribution >= 0.6 is 11.6 Å². The number of hydrogen-bond donors (Lipinski definition) is 3. The lowest BCUT2D eigenvalue weighted by Crippen LogP contribution is -2.40. The Labute approximate surface area is 220 Å². The summed E-state index contributed by atoms with van der Waals surface area (Å²) in [5, 5.41) is 10.5. The van der Waals surface area contributed by atoms with Gasteiger partial charge in [-0.05, 0) is 66.5 Å². The summed E-state index contributed by atoms with van der Waals surface area (Å²) in [5.41, 5.74) is 6.87. The predicted molar refractivity (Wildman–Crippen MR) is 145 cm³/mol. The number of rotatable bonds is 8. The molecule has 3 aromatic heterocycles. The van der Waals surface area contributed by atoms with Gasteiger partial charge >= 0.3 is 0 Å². The van der Waals surface area contributed by atoms with Crippen molar-refractivity contribution < 1.29 is 4.79 Å².